The molecule has 0 aliphatic carbocycles. The zero-order chi connectivity index (χ0) is 22.5. The Morgan fingerprint density at radius 1 is 0.656 bits per heavy atom. The van der Waals surface area contributed by atoms with Crippen LogP contribution in [0.1, 0.15) is 37.8 Å². The zero-order valence-corrected chi connectivity index (χ0v) is 18.8. The molecule has 2 saturated heterocycles. The lowest BCUT2D eigenvalue weighted by Gasteiger charge is -2.15. The largest absolute Gasteiger partial charge is 0.484 e. The van der Waals surface area contributed by atoms with Gasteiger partial charge in [-0.15, -0.1) is 0 Å². The highest BCUT2D eigenvalue weighted by atomic mass is 16.5. The molecule has 6 nitrogen and oxygen atoms in total. The molecule has 6 heteroatoms. The fourth-order valence-corrected chi connectivity index (χ4v) is 3.76. The van der Waals surface area contributed by atoms with E-state index in [-0.39, 0.29) is 25.0 Å². The monoisotopic (exact) mass is 434 g/mol. The molecule has 168 valence electrons. The zero-order valence-electron chi connectivity index (χ0n) is 18.8. The first kappa shape index (κ1) is 21.9. The van der Waals surface area contributed by atoms with Crippen molar-refractivity contribution in [2.24, 2.45) is 0 Å². The van der Waals surface area contributed by atoms with Crippen LogP contribution in [0.4, 0.5) is 0 Å². The first-order chi connectivity index (χ1) is 15.6. The van der Waals surface area contributed by atoms with Crippen molar-refractivity contribution in [1.29, 1.82) is 0 Å². The van der Waals surface area contributed by atoms with E-state index in [1.165, 1.54) is 11.1 Å². The minimum absolute atomic E-state index is 0.0401. The highest BCUT2D eigenvalue weighted by molar-refractivity contribution is 5.91. The summed E-state index contributed by atoms with van der Waals surface area (Å²) < 4.78 is 11.3. The second-order valence-electron chi connectivity index (χ2n) is 8.05. The summed E-state index contributed by atoms with van der Waals surface area (Å²) in [5.74, 6) is 1.49. The van der Waals surface area contributed by atoms with Crippen molar-refractivity contribution in [1.82, 2.24) is 9.80 Å². The van der Waals surface area contributed by atoms with Crippen LogP contribution in [-0.4, -0.2) is 61.0 Å². The molecule has 0 bridgehead atoms. The van der Waals surface area contributed by atoms with Crippen LogP contribution in [0.3, 0.4) is 0 Å². The van der Waals surface area contributed by atoms with E-state index in [0.29, 0.717) is 11.5 Å². The van der Waals surface area contributed by atoms with Crippen molar-refractivity contribution in [3.05, 3.63) is 59.7 Å². The smallest absolute Gasteiger partial charge is 0.260 e. The third-order valence-electron chi connectivity index (χ3n) is 5.80. The fourth-order valence-electron chi connectivity index (χ4n) is 3.76. The topological polar surface area (TPSA) is 58.6 Å². The molecule has 2 aliphatic heterocycles. The van der Waals surface area contributed by atoms with E-state index in [1.807, 2.05) is 24.3 Å². The lowest BCUT2D eigenvalue weighted by Crippen LogP contribution is -2.19. The number of nitrogens with zero attached hydrogens (tertiary/aromatic N) is 2. The highest BCUT2D eigenvalue weighted by Gasteiger charge is 2.24. The van der Waals surface area contributed by atoms with E-state index in [9.17, 15) is 9.59 Å². The number of allylic oxidation sites excluding steroid dienone is 2. The predicted molar refractivity (Wildman–Crippen MR) is 124 cm³/mol. The maximum absolute atomic E-state index is 11.8. The van der Waals surface area contributed by atoms with E-state index < -0.39 is 0 Å². The van der Waals surface area contributed by atoms with Crippen LogP contribution in [0.2, 0.25) is 0 Å². The Labute approximate surface area is 189 Å². The summed E-state index contributed by atoms with van der Waals surface area (Å²) in [5, 5.41) is 0. The van der Waals surface area contributed by atoms with Gasteiger partial charge in [-0.2, -0.15) is 0 Å². The lowest BCUT2D eigenvalue weighted by atomic mass is 9.91. The number of carbonyl (C=O) groups is 2. The highest BCUT2D eigenvalue weighted by Crippen LogP contribution is 2.33. The molecule has 2 aromatic rings. The quantitative estimate of drug-likeness (QED) is 0.421. The minimum Gasteiger partial charge on any atom is -0.484 e. The summed E-state index contributed by atoms with van der Waals surface area (Å²) in [6, 6.07) is 15.9. The molecule has 32 heavy (non-hydrogen) atoms. The Morgan fingerprint density at radius 2 is 1.00 bits per heavy atom. The fraction of sp³-hybridized carbons (Fsp3) is 0.385. The van der Waals surface area contributed by atoms with Gasteiger partial charge in [-0.05, 0) is 59.4 Å². The maximum Gasteiger partial charge on any atom is 0.260 e. The van der Waals surface area contributed by atoms with Crippen molar-refractivity contribution in [2.45, 2.75) is 26.7 Å². The van der Waals surface area contributed by atoms with Crippen molar-refractivity contribution >= 4 is 23.0 Å². The average molecular weight is 435 g/mol. The molecule has 2 heterocycles. The average Bonchev–Trinajstić information content (AvgIpc) is 3.73. The van der Waals surface area contributed by atoms with Crippen LogP contribution in [0.5, 0.6) is 11.5 Å². The first-order valence-electron chi connectivity index (χ1n) is 11.3. The molecule has 0 radical (unpaired) electrons. The van der Waals surface area contributed by atoms with Gasteiger partial charge in [0.05, 0.1) is 0 Å². The Kier molecular flexibility index (Phi) is 6.78. The number of amides is 2. The molecule has 0 saturated carbocycles. The molecule has 0 aromatic heterocycles. The molecule has 0 unspecified atom stereocenters. The van der Waals surface area contributed by atoms with E-state index in [1.54, 1.807) is 9.80 Å². The summed E-state index contributed by atoms with van der Waals surface area (Å²) in [4.78, 5) is 27.1. The van der Waals surface area contributed by atoms with E-state index in [4.69, 9.17) is 9.47 Å². The van der Waals surface area contributed by atoms with Crippen LogP contribution in [-0.2, 0) is 9.59 Å². The number of ether oxygens (including phenoxy) is 2. The molecular formula is C26H30N2O4. The van der Waals surface area contributed by atoms with Crippen molar-refractivity contribution in [3.63, 3.8) is 0 Å². The number of carbonyl (C=O) groups excluding carboxylic acids is 2. The second kappa shape index (κ2) is 9.90. The molecule has 2 aromatic carbocycles. The summed E-state index contributed by atoms with van der Waals surface area (Å²) in [5.41, 5.74) is 4.87. The third-order valence-corrected chi connectivity index (χ3v) is 5.80. The van der Waals surface area contributed by atoms with Gasteiger partial charge in [-0.3, -0.25) is 9.59 Å². The number of hydrogen-bond donors (Lipinski definition) is 0. The SMILES string of the molecule is CCC(=C(CC)c1ccc(OCC(=O)N2CC2)cc1)c1ccc(OCC(=O)N2CC2)cc1. The summed E-state index contributed by atoms with van der Waals surface area (Å²) in [6.07, 6.45) is 1.80. The minimum atomic E-state index is 0.0401. The number of benzene rings is 2. The molecule has 0 atom stereocenters. The second-order valence-corrected chi connectivity index (χ2v) is 8.05. The normalized spacial score (nSPS) is 15.2. The summed E-state index contributed by atoms with van der Waals surface area (Å²) in [6.45, 7) is 7.88. The lowest BCUT2D eigenvalue weighted by molar-refractivity contribution is -0.128. The Balaban J connectivity index is 1.44. The molecule has 4 rings (SSSR count). The van der Waals surface area contributed by atoms with Crippen molar-refractivity contribution in [3.8, 4) is 11.5 Å². The molecule has 2 aliphatic rings. The molecule has 2 fully saturated rings. The van der Waals surface area contributed by atoms with Gasteiger partial charge in [-0.25, -0.2) is 0 Å². The van der Waals surface area contributed by atoms with Crippen molar-refractivity contribution < 1.29 is 19.1 Å². The van der Waals surface area contributed by atoms with Gasteiger partial charge in [-0.1, -0.05) is 38.1 Å². The van der Waals surface area contributed by atoms with Crippen LogP contribution in [0.15, 0.2) is 48.5 Å². The Hall–Kier alpha value is -3.28. The van der Waals surface area contributed by atoms with Gasteiger partial charge in [0.1, 0.15) is 11.5 Å². The standard InChI is InChI=1S/C26H30N2O4/c1-3-23(19-5-9-21(10-6-19)31-17-25(29)27-13-14-27)24(4-2)20-7-11-22(12-8-20)32-18-26(30)28-15-16-28/h5-12H,3-4,13-18H2,1-2H3. The van der Waals surface area contributed by atoms with Gasteiger partial charge in [0, 0.05) is 26.2 Å². The molecule has 0 spiro atoms. The van der Waals surface area contributed by atoms with Crippen LogP contribution < -0.4 is 9.47 Å². The van der Waals surface area contributed by atoms with Crippen LogP contribution in [0.25, 0.3) is 11.1 Å². The first-order valence-corrected chi connectivity index (χ1v) is 11.3. The van der Waals surface area contributed by atoms with Gasteiger partial charge >= 0.3 is 0 Å². The molecule has 2 amide bonds. The summed E-state index contributed by atoms with van der Waals surface area (Å²) >= 11 is 0. The van der Waals surface area contributed by atoms with Gasteiger partial charge < -0.3 is 19.3 Å². The van der Waals surface area contributed by atoms with E-state index in [2.05, 4.69) is 38.1 Å². The van der Waals surface area contributed by atoms with Crippen LogP contribution >= 0.6 is 0 Å². The maximum atomic E-state index is 11.8. The molecular weight excluding hydrogens is 404 g/mol. The van der Waals surface area contributed by atoms with Gasteiger partial charge in [0.25, 0.3) is 11.8 Å². The van der Waals surface area contributed by atoms with Crippen molar-refractivity contribution in [2.75, 3.05) is 39.4 Å². The third kappa shape index (κ3) is 5.49. The van der Waals surface area contributed by atoms with Gasteiger partial charge in [0.2, 0.25) is 0 Å². The Bertz CT molecular complexity index is 906. The summed E-state index contributed by atoms with van der Waals surface area (Å²) in [7, 11) is 0. The van der Waals surface area contributed by atoms with Crippen LogP contribution in [0, 0.1) is 0 Å². The van der Waals surface area contributed by atoms with Gasteiger partial charge in [0.15, 0.2) is 13.2 Å². The van der Waals surface area contributed by atoms with E-state index >= 15 is 0 Å². The number of hydrogen-bond acceptors (Lipinski definition) is 4. The predicted octanol–water partition coefficient (Wildman–Crippen LogP) is 3.86. The van der Waals surface area contributed by atoms with E-state index in [0.717, 1.165) is 50.1 Å². The Morgan fingerprint density at radius 3 is 1.28 bits per heavy atom. The molecule has 0 N–H and O–H groups in total. The number of rotatable bonds is 10.